The largest absolute Gasteiger partial charge is 0.390 e. The molecule has 2 N–H and O–H groups in total. The summed E-state index contributed by atoms with van der Waals surface area (Å²) in [7, 11) is 0. The molecule has 0 aliphatic carbocycles. The summed E-state index contributed by atoms with van der Waals surface area (Å²) < 4.78 is 7.57. The average molecular weight is 282 g/mol. The van der Waals surface area contributed by atoms with E-state index in [4.69, 9.17) is 4.74 Å². The lowest BCUT2D eigenvalue weighted by Gasteiger charge is -2.36. The van der Waals surface area contributed by atoms with Crippen molar-refractivity contribution >= 4 is 0 Å². The molecule has 1 fully saturated rings. The average Bonchev–Trinajstić information content (AvgIpc) is 2.86. The zero-order chi connectivity index (χ0) is 14.4. The number of ether oxygens (including phenoxy) is 1. The topological polar surface area (TPSA) is 62.5 Å². The van der Waals surface area contributed by atoms with Crippen LogP contribution in [0.4, 0.5) is 0 Å². The normalized spacial score (nSPS) is 25.8. The van der Waals surface area contributed by atoms with Crippen LogP contribution in [0.3, 0.4) is 0 Å². The molecule has 0 amide bonds. The van der Waals surface area contributed by atoms with Crippen molar-refractivity contribution in [1.29, 1.82) is 0 Å². The summed E-state index contributed by atoms with van der Waals surface area (Å²) in [5, 5.41) is 17.5. The Hall–Kier alpha value is -0.950. The maximum atomic E-state index is 10.1. The van der Waals surface area contributed by atoms with Gasteiger partial charge in [0.1, 0.15) is 0 Å². The number of hydrogen-bond donors (Lipinski definition) is 2. The molecule has 1 aliphatic heterocycles. The van der Waals surface area contributed by atoms with Crippen molar-refractivity contribution in [2.24, 2.45) is 0 Å². The van der Waals surface area contributed by atoms with E-state index in [1.807, 2.05) is 16.9 Å². The van der Waals surface area contributed by atoms with Crippen molar-refractivity contribution in [1.82, 2.24) is 20.0 Å². The minimum absolute atomic E-state index is 0.249. The fourth-order valence-electron chi connectivity index (χ4n) is 2.69. The van der Waals surface area contributed by atoms with E-state index in [0.717, 1.165) is 26.2 Å². The van der Waals surface area contributed by atoms with E-state index < -0.39 is 0 Å². The molecule has 0 bridgehead atoms. The van der Waals surface area contributed by atoms with Crippen molar-refractivity contribution in [2.75, 3.05) is 32.7 Å². The van der Waals surface area contributed by atoms with Crippen LogP contribution in [0.5, 0.6) is 0 Å². The van der Waals surface area contributed by atoms with Crippen molar-refractivity contribution < 1.29 is 9.84 Å². The minimum Gasteiger partial charge on any atom is -0.390 e. The molecule has 1 aromatic rings. The summed E-state index contributed by atoms with van der Waals surface area (Å²) >= 11 is 0. The molecule has 6 nitrogen and oxygen atoms in total. The van der Waals surface area contributed by atoms with Gasteiger partial charge in [0.25, 0.3) is 0 Å². The van der Waals surface area contributed by atoms with E-state index in [-0.39, 0.29) is 18.3 Å². The third kappa shape index (κ3) is 5.20. The first-order valence-corrected chi connectivity index (χ1v) is 7.37. The predicted octanol–water partition coefficient (Wildman–Crippen LogP) is -0.0572. The lowest BCUT2D eigenvalue weighted by molar-refractivity contribution is -0.0762. The van der Waals surface area contributed by atoms with Crippen molar-refractivity contribution in [3.63, 3.8) is 0 Å². The summed E-state index contributed by atoms with van der Waals surface area (Å²) in [5.74, 6) is 0. The number of nitrogens with one attached hydrogen (secondary N) is 1. The Morgan fingerprint density at radius 3 is 2.80 bits per heavy atom. The first-order chi connectivity index (χ1) is 9.63. The maximum absolute atomic E-state index is 10.1. The summed E-state index contributed by atoms with van der Waals surface area (Å²) in [6, 6.07) is 1.91. The Morgan fingerprint density at radius 2 is 2.15 bits per heavy atom. The smallest absolute Gasteiger partial charge is 0.0791 e. The van der Waals surface area contributed by atoms with Gasteiger partial charge in [-0.15, -0.1) is 0 Å². The zero-order valence-corrected chi connectivity index (χ0v) is 12.4. The Labute approximate surface area is 120 Å². The quantitative estimate of drug-likeness (QED) is 0.686. The van der Waals surface area contributed by atoms with Gasteiger partial charge in [-0.2, -0.15) is 5.10 Å². The molecular formula is C14H26N4O2. The lowest BCUT2D eigenvalue weighted by Crippen LogP contribution is -2.49. The molecular weight excluding hydrogens is 256 g/mol. The number of aliphatic hydroxyl groups is 1. The van der Waals surface area contributed by atoms with E-state index in [9.17, 15) is 5.11 Å². The molecule has 6 heteroatoms. The van der Waals surface area contributed by atoms with Crippen molar-refractivity contribution in [2.45, 2.75) is 38.7 Å². The van der Waals surface area contributed by atoms with Crippen LogP contribution in [-0.4, -0.2) is 70.8 Å². The highest BCUT2D eigenvalue weighted by atomic mass is 16.5. The Morgan fingerprint density at radius 1 is 1.40 bits per heavy atom. The van der Waals surface area contributed by atoms with Gasteiger partial charge in [-0.1, -0.05) is 0 Å². The Kier molecular flexibility index (Phi) is 5.97. The highest BCUT2D eigenvalue weighted by Gasteiger charge is 2.23. The predicted molar refractivity (Wildman–Crippen MR) is 77.6 cm³/mol. The number of aliphatic hydroxyl groups excluding tert-OH is 1. The minimum atomic E-state index is -0.342. The summed E-state index contributed by atoms with van der Waals surface area (Å²) in [6.45, 7) is 8.91. The summed E-state index contributed by atoms with van der Waals surface area (Å²) in [4.78, 5) is 2.28. The number of nitrogens with zero attached hydrogens (tertiary/aromatic N) is 3. The molecule has 0 radical (unpaired) electrons. The number of rotatable bonds is 7. The number of morpholine rings is 1. The van der Waals surface area contributed by atoms with Gasteiger partial charge in [0, 0.05) is 45.1 Å². The van der Waals surface area contributed by atoms with Gasteiger partial charge in [-0.3, -0.25) is 9.58 Å². The molecule has 20 heavy (non-hydrogen) atoms. The highest BCUT2D eigenvalue weighted by molar-refractivity contribution is 4.78. The van der Waals surface area contributed by atoms with Gasteiger partial charge in [-0.05, 0) is 19.9 Å². The lowest BCUT2D eigenvalue weighted by atomic mass is 10.2. The summed E-state index contributed by atoms with van der Waals surface area (Å²) in [5.41, 5.74) is 0. The van der Waals surface area contributed by atoms with E-state index in [2.05, 4.69) is 29.2 Å². The van der Waals surface area contributed by atoms with E-state index >= 15 is 0 Å². The molecule has 0 saturated carbocycles. The van der Waals surface area contributed by atoms with Crippen molar-refractivity contribution in [3.05, 3.63) is 18.5 Å². The van der Waals surface area contributed by atoms with Crippen LogP contribution in [0.15, 0.2) is 18.5 Å². The van der Waals surface area contributed by atoms with Crippen LogP contribution in [0.25, 0.3) is 0 Å². The van der Waals surface area contributed by atoms with E-state index in [0.29, 0.717) is 13.1 Å². The number of hydrogen-bond acceptors (Lipinski definition) is 5. The molecule has 0 spiro atoms. The highest BCUT2D eigenvalue weighted by Crippen LogP contribution is 2.10. The second kappa shape index (κ2) is 7.73. The standard InChI is InChI=1S/C14H26N4O2/c1-12-9-17(10-13(2)20-12)11-14(19)8-15-5-7-18-6-3-4-16-18/h3-4,6,12-15,19H,5,7-11H2,1-2H3/t12-,13+,14-/m0/s1. The second-order valence-corrected chi connectivity index (χ2v) is 5.60. The molecule has 3 atom stereocenters. The third-order valence-corrected chi connectivity index (χ3v) is 3.42. The van der Waals surface area contributed by atoms with Crippen LogP contribution in [0.2, 0.25) is 0 Å². The van der Waals surface area contributed by atoms with Gasteiger partial charge in [-0.25, -0.2) is 0 Å². The van der Waals surface area contributed by atoms with Gasteiger partial charge >= 0.3 is 0 Å². The van der Waals surface area contributed by atoms with Gasteiger partial charge in [0.2, 0.25) is 0 Å². The zero-order valence-electron chi connectivity index (χ0n) is 12.4. The number of aromatic nitrogens is 2. The molecule has 1 saturated heterocycles. The van der Waals surface area contributed by atoms with Gasteiger partial charge in [0.05, 0.1) is 24.9 Å². The monoisotopic (exact) mass is 282 g/mol. The fourth-order valence-corrected chi connectivity index (χ4v) is 2.69. The molecule has 0 aromatic carbocycles. The van der Waals surface area contributed by atoms with E-state index in [1.165, 1.54) is 0 Å². The van der Waals surface area contributed by atoms with Crippen molar-refractivity contribution in [3.8, 4) is 0 Å². The molecule has 2 heterocycles. The molecule has 1 aliphatic rings. The van der Waals surface area contributed by atoms with Crippen LogP contribution in [0, 0.1) is 0 Å². The van der Waals surface area contributed by atoms with Gasteiger partial charge < -0.3 is 15.2 Å². The van der Waals surface area contributed by atoms with Crippen LogP contribution < -0.4 is 5.32 Å². The molecule has 2 rings (SSSR count). The van der Waals surface area contributed by atoms with Gasteiger partial charge in [0.15, 0.2) is 0 Å². The SMILES string of the molecule is C[C@@H]1CN(C[C@@H](O)CNCCn2cccn2)C[C@H](C)O1. The summed E-state index contributed by atoms with van der Waals surface area (Å²) in [6.07, 6.45) is 3.87. The van der Waals surface area contributed by atoms with Crippen LogP contribution >= 0.6 is 0 Å². The van der Waals surface area contributed by atoms with Crippen LogP contribution in [-0.2, 0) is 11.3 Å². The Balaban J connectivity index is 1.59. The molecule has 0 unspecified atom stereocenters. The second-order valence-electron chi connectivity index (χ2n) is 5.60. The first-order valence-electron chi connectivity index (χ1n) is 7.37. The van der Waals surface area contributed by atoms with E-state index in [1.54, 1.807) is 6.20 Å². The number of β-amino-alcohol motifs (C(OH)–C–C–N with tert-alkyl or cyclic N) is 1. The molecule has 114 valence electrons. The van der Waals surface area contributed by atoms with Crippen LogP contribution in [0.1, 0.15) is 13.8 Å². The Bertz CT molecular complexity index is 361. The maximum Gasteiger partial charge on any atom is 0.0791 e. The fraction of sp³-hybridized carbons (Fsp3) is 0.786. The molecule has 1 aromatic heterocycles. The first kappa shape index (κ1) is 15.4. The third-order valence-electron chi connectivity index (χ3n) is 3.42.